The minimum atomic E-state index is -0.166. The highest BCUT2D eigenvalue weighted by Gasteiger charge is 2.26. The molecule has 0 spiro atoms. The van der Waals surface area contributed by atoms with Crippen LogP contribution in [0.4, 0.5) is 5.69 Å². The zero-order valence-corrected chi connectivity index (χ0v) is 9.10. The third-order valence-electron chi connectivity index (χ3n) is 2.54. The summed E-state index contributed by atoms with van der Waals surface area (Å²) in [5.41, 5.74) is 0.681. The molecule has 1 aliphatic heterocycles. The average Bonchev–Trinajstić information content (AvgIpc) is 2.32. The molecule has 0 aromatic heterocycles. The van der Waals surface area contributed by atoms with Crippen LogP contribution < -0.4 is 9.64 Å². The summed E-state index contributed by atoms with van der Waals surface area (Å²) in [6.45, 7) is 1.93. The van der Waals surface area contributed by atoms with Crippen LogP contribution in [0.5, 0.6) is 5.75 Å². The van der Waals surface area contributed by atoms with Crippen LogP contribution in [0.2, 0.25) is 0 Å². The van der Waals surface area contributed by atoms with E-state index in [-0.39, 0.29) is 24.8 Å². The van der Waals surface area contributed by atoms with Gasteiger partial charge in [0, 0.05) is 6.42 Å². The lowest BCUT2D eigenvalue weighted by molar-refractivity contribution is -0.124. The Balaban J connectivity index is 2.29. The molecule has 1 aromatic rings. The van der Waals surface area contributed by atoms with E-state index in [0.29, 0.717) is 17.9 Å². The Morgan fingerprint density at radius 1 is 1.44 bits per heavy atom. The molecule has 4 nitrogen and oxygen atoms in total. The number of anilines is 1. The van der Waals surface area contributed by atoms with Crippen LogP contribution in [0.3, 0.4) is 0 Å². The van der Waals surface area contributed by atoms with Crippen molar-refractivity contribution in [3.05, 3.63) is 24.3 Å². The molecular formula is C12H13NO3. The molecule has 1 heterocycles. The Kier molecular flexibility index (Phi) is 2.90. The van der Waals surface area contributed by atoms with Crippen molar-refractivity contribution in [3.8, 4) is 5.75 Å². The van der Waals surface area contributed by atoms with Crippen molar-refractivity contribution < 1.29 is 14.3 Å². The number of hydrogen-bond donors (Lipinski definition) is 0. The highest BCUT2D eigenvalue weighted by atomic mass is 16.5. The smallest absolute Gasteiger partial charge is 0.265 e. The number of ketones is 1. The molecule has 4 heteroatoms. The molecule has 84 valence electrons. The van der Waals surface area contributed by atoms with E-state index in [9.17, 15) is 9.59 Å². The van der Waals surface area contributed by atoms with Crippen LogP contribution >= 0.6 is 0 Å². The third-order valence-corrected chi connectivity index (χ3v) is 2.54. The summed E-state index contributed by atoms with van der Waals surface area (Å²) >= 11 is 0. The molecular weight excluding hydrogens is 206 g/mol. The quantitative estimate of drug-likeness (QED) is 0.771. The van der Waals surface area contributed by atoms with Crippen LogP contribution in [0.1, 0.15) is 13.3 Å². The van der Waals surface area contributed by atoms with Crippen molar-refractivity contribution in [2.45, 2.75) is 13.3 Å². The highest BCUT2D eigenvalue weighted by Crippen LogP contribution is 2.31. The van der Waals surface area contributed by atoms with E-state index >= 15 is 0 Å². The molecule has 16 heavy (non-hydrogen) atoms. The third kappa shape index (κ3) is 1.91. The Morgan fingerprint density at radius 2 is 2.19 bits per heavy atom. The van der Waals surface area contributed by atoms with E-state index in [2.05, 4.69) is 0 Å². The van der Waals surface area contributed by atoms with Crippen LogP contribution in [0.25, 0.3) is 0 Å². The minimum Gasteiger partial charge on any atom is -0.482 e. The molecule has 0 bridgehead atoms. The molecule has 0 fully saturated rings. The number of nitrogens with zero attached hydrogens (tertiary/aromatic N) is 1. The van der Waals surface area contributed by atoms with Crippen LogP contribution in [-0.4, -0.2) is 24.8 Å². The highest BCUT2D eigenvalue weighted by molar-refractivity contribution is 6.02. The summed E-state index contributed by atoms with van der Waals surface area (Å²) in [6.07, 6.45) is 0.437. The van der Waals surface area contributed by atoms with Crippen molar-refractivity contribution in [2.24, 2.45) is 0 Å². The molecule has 1 aromatic carbocycles. The first-order valence-corrected chi connectivity index (χ1v) is 5.26. The molecule has 0 aliphatic carbocycles. The Morgan fingerprint density at radius 3 is 2.94 bits per heavy atom. The topological polar surface area (TPSA) is 46.6 Å². The predicted molar refractivity (Wildman–Crippen MR) is 59.6 cm³/mol. The SMILES string of the molecule is CCC(=O)CN1C(=O)COc2ccccc21. The second-order valence-electron chi connectivity index (χ2n) is 3.63. The normalized spacial score (nSPS) is 14.3. The molecule has 2 rings (SSSR count). The fraction of sp³-hybridized carbons (Fsp3) is 0.333. The summed E-state index contributed by atoms with van der Waals surface area (Å²) < 4.78 is 5.28. The molecule has 0 N–H and O–H groups in total. The number of amides is 1. The van der Waals surface area contributed by atoms with Crippen molar-refractivity contribution in [1.29, 1.82) is 0 Å². The van der Waals surface area contributed by atoms with Crippen LogP contribution in [-0.2, 0) is 9.59 Å². The first-order chi connectivity index (χ1) is 7.72. The monoisotopic (exact) mass is 219 g/mol. The zero-order chi connectivity index (χ0) is 11.5. The van der Waals surface area contributed by atoms with Gasteiger partial charge in [0.2, 0.25) is 0 Å². The molecule has 0 saturated carbocycles. The second kappa shape index (κ2) is 4.35. The molecule has 0 atom stereocenters. The van der Waals surface area contributed by atoms with Gasteiger partial charge in [-0.25, -0.2) is 0 Å². The zero-order valence-electron chi connectivity index (χ0n) is 9.10. The van der Waals surface area contributed by atoms with Gasteiger partial charge in [0.1, 0.15) is 5.75 Å². The summed E-state index contributed by atoms with van der Waals surface area (Å²) in [4.78, 5) is 24.5. The van der Waals surface area contributed by atoms with E-state index in [1.165, 1.54) is 4.90 Å². The number of carbonyl (C=O) groups is 2. The average molecular weight is 219 g/mol. The van der Waals surface area contributed by atoms with E-state index in [0.717, 1.165) is 0 Å². The largest absolute Gasteiger partial charge is 0.482 e. The number of hydrogen-bond acceptors (Lipinski definition) is 3. The fourth-order valence-corrected chi connectivity index (χ4v) is 1.62. The number of fused-ring (bicyclic) bond motifs is 1. The van der Waals surface area contributed by atoms with Gasteiger partial charge in [-0.05, 0) is 12.1 Å². The number of rotatable bonds is 3. The van der Waals surface area contributed by atoms with Gasteiger partial charge < -0.3 is 4.74 Å². The maximum absolute atomic E-state index is 11.7. The van der Waals surface area contributed by atoms with Gasteiger partial charge in [0.05, 0.1) is 12.2 Å². The second-order valence-corrected chi connectivity index (χ2v) is 3.63. The van der Waals surface area contributed by atoms with E-state index in [1.807, 2.05) is 12.1 Å². The number of para-hydroxylation sites is 2. The van der Waals surface area contributed by atoms with Gasteiger partial charge in [-0.15, -0.1) is 0 Å². The standard InChI is InChI=1S/C12H13NO3/c1-2-9(14)7-13-10-5-3-4-6-11(10)16-8-12(13)15/h3-6H,2,7-8H2,1H3. The fourth-order valence-electron chi connectivity index (χ4n) is 1.62. The van der Waals surface area contributed by atoms with Gasteiger partial charge in [-0.1, -0.05) is 19.1 Å². The lowest BCUT2D eigenvalue weighted by Gasteiger charge is -2.28. The first kappa shape index (κ1) is 10.7. The summed E-state index contributed by atoms with van der Waals surface area (Å²) in [6, 6.07) is 7.25. The lowest BCUT2D eigenvalue weighted by atomic mass is 10.2. The van der Waals surface area contributed by atoms with Crippen molar-refractivity contribution in [2.75, 3.05) is 18.1 Å². The van der Waals surface area contributed by atoms with E-state index in [1.54, 1.807) is 19.1 Å². The summed E-state index contributed by atoms with van der Waals surface area (Å²) in [5.74, 6) is 0.538. The maximum atomic E-state index is 11.7. The molecule has 0 saturated heterocycles. The number of carbonyl (C=O) groups excluding carboxylic acids is 2. The van der Waals surface area contributed by atoms with E-state index in [4.69, 9.17) is 4.74 Å². The molecule has 1 amide bonds. The number of Topliss-reactive ketones (excluding diaryl/α,β-unsaturated/α-hetero) is 1. The lowest BCUT2D eigenvalue weighted by Crippen LogP contribution is -2.41. The Hall–Kier alpha value is -1.84. The maximum Gasteiger partial charge on any atom is 0.265 e. The van der Waals surface area contributed by atoms with Crippen molar-refractivity contribution in [1.82, 2.24) is 0 Å². The molecule has 0 unspecified atom stereocenters. The van der Waals surface area contributed by atoms with Gasteiger partial charge in [0.25, 0.3) is 5.91 Å². The Bertz CT molecular complexity index is 428. The minimum absolute atomic E-state index is 0.00794. The van der Waals surface area contributed by atoms with Crippen LogP contribution in [0.15, 0.2) is 24.3 Å². The van der Waals surface area contributed by atoms with Crippen LogP contribution in [0, 0.1) is 0 Å². The summed E-state index contributed by atoms with van der Waals surface area (Å²) in [7, 11) is 0. The first-order valence-electron chi connectivity index (χ1n) is 5.26. The van der Waals surface area contributed by atoms with Crippen molar-refractivity contribution >= 4 is 17.4 Å². The number of benzene rings is 1. The molecule has 1 aliphatic rings. The van der Waals surface area contributed by atoms with Gasteiger partial charge in [-0.2, -0.15) is 0 Å². The van der Waals surface area contributed by atoms with Gasteiger partial charge in [0.15, 0.2) is 12.4 Å². The van der Waals surface area contributed by atoms with E-state index < -0.39 is 0 Å². The Labute approximate surface area is 93.8 Å². The van der Waals surface area contributed by atoms with Gasteiger partial charge >= 0.3 is 0 Å². The molecule has 0 radical (unpaired) electrons. The predicted octanol–water partition coefficient (Wildman–Crippen LogP) is 1.39. The number of ether oxygens (including phenoxy) is 1. The van der Waals surface area contributed by atoms with Gasteiger partial charge in [-0.3, -0.25) is 14.5 Å². The van der Waals surface area contributed by atoms with Crippen molar-refractivity contribution in [3.63, 3.8) is 0 Å². The summed E-state index contributed by atoms with van der Waals surface area (Å²) in [5, 5.41) is 0.